The van der Waals surface area contributed by atoms with Crippen molar-refractivity contribution in [1.29, 1.82) is 0 Å². The second-order valence-corrected chi connectivity index (χ2v) is 8.70. The highest BCUT2D eigenvalue weighted by Gasteiger charge is 2.53. The van der Waals surface area contributed by atoms with Gasteiger partial charge in [0, 0.05) is 11.6 Å². The number of aromatic nitrogens is 2. The van der Waals surface area contributed by atoms with Crippen LogP contribution in [0.15, 0.2) is 46.9 Å². The van der Waals surface area contributed by atoms with Crippen molar-refractivity contribution >= 4 is 17.5 Å². The molecule has 1 amide bonds. The predicted molar refractivity (Wildman–Crippen MR) is 111 cm³/mol. The number of ether oxygens (including phenoxy) is 2. The molecule has 0 radical (unpaired) electrons. The van der Waals surface area contributed by atoms with Gasteiger partial charge in [-0.1, -0.05) is 35.8 Å². The zero-order chi connectivity index (χ0) is 22.9. The molecule has 1 aromatic heterocycles. The van der Waals surface area contributed by atoms with E-state index in [1.54, 1.807) is 12.1 Å². The van der Waals surface area contributed by atoms with Crippen molar-refractivity contribution in [3.63, 3.8) is 0 Å². The number of carbonyl (C=O) groups excluding carboxylic acids is 1. The summed E-state index contributed by atoms with van der Waals surface area (Å²) in [5.41, 5.74) is -0.993. The molecule has 10 heteroatoms. The lowest BCUT2D eigenvalue weighted by molar-refractivity contribution is -0.127. The van der Waals surface area contributed by atoms with Gasteiger partial charge in [-0.05, 0) is 44.0 Å². The van der Waals surface area contributed by atoms with Crippen molar-refractivity contribution < 1.29 is 27.5 Å². The van der Waals surface area contributed by atoms with E-state index in [9.17, 15) is 13.6 Å². The lowest BCUT2D eigenvalue weighted by atomic mass is 9.59. The molecule has 3 aromatic rings. The minimum atomic E-state index is -0.621. The lowest BCUT2D eigenvalue weighted by Crippen LogP contribution is -2.61. The molecule has 32 heavy (non-hydrogen) atoms. The van der Waals surface area contributed by atoms with Crippen LogP contribution in [0.1, 0.15) is 32.6 Å². The first-order valence-corrected chi connectivity index (χ1v) is 10.2. The standard InChI is InChI=1S/C22H20ClF2N3O4/c1-21(19-27-28-20(32-19)31-17-6-4-3-5-15(17)24)11-22(2,12-21)26-18(29)10-30-13-7-8-14(23)16(25)9-13/h3-9H,10-12H2,1-2H3,(H,26,29). The molecule has 1 saturated carbocycles. The molecule has 1 fully saturated rings. The van der Waals surface area contributed by atoms with E-state index in [0.29, 0.717) is 18.7 Å². The Kier molecular flexibility index (Phi) is 5.77. The van der Waals surface area contributed by atoms with E-state index in [2.05, 4.69) is 15.5 Å². The summed E-state index contributed by atoms with van der Waals surface area (Å²) >= 11 is 5.63. The van der Waals surface area contributed by atoms with E-state index in [4.69, 9.17) is 25.5 Å². The molecule has 7 nitrogen and oxygen atoms in total. The normalized spacial score (nSPS) is 22.2. The summed E-state index contributed by atoms with van der Waals surface area (Å²) in [5, 5.41) is 10.7. The van der Waals surface area contributed by atoms with Crippen LogP contribution in [-0.4, -0.2) is 28.3 Å². The van der Waals surface area contributed by atoms with Crippen LogP contribution in [0.25, 0.3) is 0 Å². The van der Waals surface area contributed by atoms with E-state index in [1.807, 2.05) is 13.8 Å². The molecular weight excluding hydrogens is 444 g/mol. The van der Waals surface area contributed by atoms with Gasteiger partial charge in [0.1, 0.15) is 11.6 Å². The second-order valence-electron chi connectivity index (χ2n) is 8.29. The van der Waals surface area contributed by atoms with Gasteiger partial charge in [-0.2, -0.15) is 0 Å². The Labute approximate surface area is 187 Å². The molecule has 1 aliphatic carbocycles. The average molecular weight is 464 g/mol. The number of nitrogens with one attached hydrogen (secondary N) is 1. The molecule has 168 valence electrons. The zero-order valence-electron chi connectivity index (χ0n) is 17.3. The summed E-state index contributed by atoms with van der Waals surface area (Å²) in [7, 11) is 0. The first-order chi connectivity index (χ1) is 15.2. The minimum Gasteiger partial charge on any atom is -0.484 e. The number of nitrogens with zero attached hydrogens (tertiary/aromatic N) is 2. The largest absolute Gasteiger partial charge is 0.484 e. The van der Waals surface area contributed by atoms with Crippen LogP contribution in [0, 0.1) is 11.6 Å². The van der Waals surface area contributed by atoms with Crippen LogP contribution in [-0.2, 0) is 10.2 Å². The number of amides is 1. The van der Waals surface area contributed by atoms with Crippen molar-refractivity contribution in [1.82, 2.24) is 15.5 Å². The molecule has 1 N–H and O–H groups in total. The van der Waals surface area contributed by atoms with E-state index in [1.165, 1.54) is 24.3 Å². The average Bonchev–Trinajstić information content (AvgIpc) is 3.19. The Hall–Kier alpha value is -3.20. The molecule has 0 aliphatic heterocycles. The quantitative estimate of drug-likeness (QED) is 0.541. The number of hydrogen-bond donors (Lipinski definition) is 1. The Morgan fingerprint density at radius 2 is 1.91 bits per heavy atom. The van der Waals surface area contributed by atoms with Crippen LogP contribution >= 0.6 is 11.6 Å². The minimum absolute atomic E-state index is 0.0147. The third-order valence-corrected chi connectivity index (χ3v) is 5.53. The molecule has 0 saturated heterocycles. The topological polar surface area (TPSA) is 86.5 Å². The van der Waals surface area contributed by atoms with Crippen LogP contribution in [0.4, 0.5) is 8.78 Å². The van der Waals surface area contributed by atoms with Crippen molar-refractivity contribution in [3.05, 3.63) is 65.0 Å². The fourth-order valence-electron chi connectivity index (χ4n) is 4.11. The maximum atomic E-state index is 13.7. The molecule has 0 bridgehead atoms. The Morgan fingerprint density at radius 3 is 2.62 bits per heavy atom. The molecule has 0 atom stereocenters. The van der Waals surface area contributed by atoms with Gasteiger partial charge >= 0.3 is 6.08 Å². The molecule has 0 spiro atoms. The lowest BCUT2D eigenvalue weighted by Gasteiger charge is -2.51. The number of hydrogen-bond acceptors (Lipinski definition) is 6. The van der Waals surface area contributed by atoms with Gasteiger partial charge < -0.3 is 19.2 Å². The monoisotopic (exact) mass is 463 g/mol. The third kappa shape index (κ3) is 4.67. The van der Waals surface area contributed by atoms with Crippen molar-refractivity contribution in [2.45, 2.75) is 37.6 Å². The highest BCUT2D eigenvalue weighted by atomic mass is 35.5. The second kappa shape index (κ2) is 8.38. The first-order valence-electron chi connectivity index (χ1n) is 9.81. The summed E-state index contributed by atoms with van der Waals surface area (Å²) < 4.78 is 43.4. The van der Waals surface area contributed by atoms with Crippen molar-refractivity contribution in [2.75, 3.05) is 6.61 Å². The van der Waals surface area contributed by atoms with Crippen molar-refractivity contribution in [3.8, 4) is 17.6 Å². The third-order valence-electron chi connectivity index (χ3n) is 5.22. The van der Waals surface area contributed by atoms with Gasteiger partial charge in [0.05, 0.1) is 10.4 Å². The number of benzene rings is 2. The molecular formula is C22H20ClF2N3O4. The highest BCUT2D eigenvalue weighted by molar-refractivity contribution is 6.30. The van der Waals surface area contributed by atoms with E-state index >= 15 is 0 Å². The Morgan fingerprint density at radius 1 is 1.16 bits per heavy atom. The van der Waals surface area contributed by atoms with Crippen LogP contribution in [0.2, 0.25) is 5.02 Å². The maximum absolute atomic E-state index is 13.7. The fourth-order valence-corrected chi connectivity index (χ4v) is 4.23. The number of rotatable bonds is 7. The summed E-state index contributed by atoms with van der Waals surface area (Å²) in [5.74, 6) is -0.981. The summed E-state index contributed by atoms with van der Waals surface area (Å²) in [6, 6.07) is 9.86. The summed E-state index contributed by atoms with van der Waals surface area (Å²) in [4.78, 5) is 12.3. The number of carbonyl (C=O) groups is 1. The van der Waals surface area contributed by atoms with Crippen LogP contribution < -0.4 is 14.8 Å². The van der Waals surface area contributed by atoms with Crippen LogP contribution in [0.3, 0.4) is 0 Å². The fraction of sp³-hybridized carbons (Fsp3) is 0.318. The maximum Gasteiger partial charge on any atom is 0.420 e. The van der Waals surface area contributed by atoms with Gasteiger partial charge in [-0.15, -0.1) is 5.10 Å². The van der Waals surface area contributed by atoms with Gasteiger partial charge in [-0.3, -0.25) is 4.79 Å². The molecule has 1 heterocycles. The van der Waals surface area contributed by atoms with Crippen molar-refractivity contribution in [2.24, 2.45) is 0 Å². The molecule has 1 aliphatic rings. The van der Waals surface area contributed by atoms with E-state index in [0.717, 1.165) is 6.07 Å². The van der Waals surface area contributed by atoms with Crippen LogP contribution in [0.5, 0.6) is 17.6 Å². The number of para-hydroxylation sites is 1. The Bertz CT molecular complexity index is 1150. The zero-order valence-corrected chi connectivity index (χ0v) is 18.1. The van der Waals surface area contributed by atoms with Gasteiger partial charge in [0.25, 0.3) is 5.91 Å². The first kappa shape index (κ1) is 22.0. The highest BCUT2D eigenvalue weighted by Crippen LogP contribution is 2.49. The predicted octanol–water partition coefficient (Wildman–Crippen LogP) is 4.80. The van der Waals surface area contributed by atoms with Gasteiger partial charge in [0.2, 0.25) is 5.89 Å². The van der Waals surface area contributed by atoms with E-state index < -0.39 is 22.6 Å². The summed E-state index contributed by atoms with van der Waals surface area (Å²) in [6.45, 7) is 3.55. The van der Waals surface area contributed by atoms with E-state index in [-0.39, 0.29) is 35.1 Å². The van der Waals surface area contributed by atoms with Gasteiger partial charge in [-0.25, -0.2) is 8.78 Å². The smallest absolute Gasteiger partial charge is 0.420 e. The number of halogens is 3. The Balaban J connectivity index is 1.31. The molecule has 4 rings (SSSR count). The molecule has 0 unspecified atom stereocenters. The summed E-state index contributed by atoms with van der Waals surface area (Å²) in [6.07, 6.45) is 0.901. The SMILES string of the molecule is CC1(NC(=O)COc2ccc(Cl)c(F)c2)CC(C)(c2nnc(Oc3ccccc3F)o2)C1. The molecule has 2 aromatic carbocycles. The van der Waals surface area contributed by atoms with Gasteiger partial charge in [0.15, 0.2) is 18.2 Å².